The fraction of sp³-hybridized carbons (Fsp3) is 0.333. The van der Waals surface area contributed by atoms with E-state index in [-0.39, 0.29) is 0 Å². The number of hydrogen-bond donors (Lipinski definition) is 0. The molecule has 1 fully saturated rings. The topological polar surface area (TPSA) is 15.7 Å². The maximum atomic E-state index is 5.46. The molecule has 0 amide bonds. The van der Waals surface area contributed by atoms with Crippen molar-refractivity contribution in [2.75, 3.05) is 52.5 Å². The van der Waals surface area contributed by atoms with Crippen LogP contribution in [-0.2, 0) is 4.74 Å². The summed E-state index contributed by atoms with van der Waals surface area (Å²) < 4.78 is 5.46. The SMILES string of the molecule is C(=Cc1ccccc1)CN(CC=Cc1ccccc1)CCN1CCOCC1. The maximum Gasteiger partial charge on any atom is 0.0594 e. The normalized spacial score (nSPS) is 15.9. The van der Waals surface area contributed by atoms with E-state index in [2.05, 4.69) is 94.8 Å². The van der Waals surface area contributed by atoms with Crippen LogP contribution in [0.4, 0.5) is 0 Å². The van der Waals surface area contributed by atoms with Crippen LogP contribution in [0.15, 0.2) is 72.8 Å². The first-order valence-corrected chi connectivity index (χ1v) is 9.86. The van der Waals surface area contributed by atoms with Gasteiger partial charge in [-0.2, -0.15) is 0 Å². The third-order valence-corrected chi connectivity index (χ3v) is 4.78. The molecule has 142 valence electrons. The van der Waals surface area contributed by atoms with Gasteiger partial charge in [-0.25, -0.2) is 0 Å². The zero-order valence-corrected chi connectivity index (χ0v) is 16.0. The van der Waals surface area contributed by atoms with Gasteiger partial charge in [0.2, 0.25) is 0 Å². The van der Waals surface area contributed by atoms with Gasteiger partial charge in [-0.1, -0.05) is 85.0 Å². The molecule has 0 aromatic heterocycles. The quantitative estimate of drug-likeness (QED) is 0.669. The number of hydrogen-bond acceptors (Lipinski definition) is 3. The van der Waals surface area contributed by atoms with Gasteiger partial charge in [0, 0.05) is 39.3 Å². The summed E-state index contributed by atoms with van der Waals surface area (Å²) in [6.45, 7) is 7.90. The minimum absolute atomic E-state index is 0.863. The molecule has 0 saturated carbocycles. The van der Waals surface area contributed by atoms with Crippen LogP contribution in [0, 0.1) is 0 Å². The van der Waals surface area contributed by atoms with Crippen molar-refractivity contribution in [3.8, 4) is 0 Å². The molecule has 0 N–H and O–H groups in total. The van der Waals surface area contributed by atoms with E-state index in [1.54, 1.807) is 0 Å². The lowest BCUT2D eigenvalue weighted by Gasteiger charge is -2.29. The third kappa shape index (κ3) is 7.51. The number of morpholine rings is 1. The van der Waals surface area contributed by atoms with Gasteiger partial charge in [-0.3, -0.25) is 9.80 Å². The Morgan fingerprint density at radius 2 is 1.30 bits per heavy atom. The summed E-state index contributed by atoms with van der Waals surface area (Å²) in [6.07, 6.45) is 8.96. The van der Waals surface area contributed by atoms with Crippen LogP contribution in [0.2, 0.25) is 0 Å². The van der Waals surface area contributed by atoms with Gasteiger partial charge in [0.05, 0.1) is 13.2 Å². The molecule has 0 radical (unpaired) electrons. The Hall–Kier alpha value is -2.20. The highest BCUT2D eigenvalue weighted by molar-refractivity contribution is 5.49. The molecule has 0 aliphatic carbocycles. The first-order chi connectivity index (χ1) is 13.4. The molecule has 0 bridgehead atoms. The Bertz CT molecular complexity index is 639. The van der Waals surface area contributed by atoms with E-state index >= 15 is 0 Å². The summed E-state index contributed by atoms with van der Waals surface area (Å²) in [5.41, 5.74) is 2.51. The second kappa shape index (κ2) is 11.5. The van der Waals surface area contributed by atoms with Crippen molar-refractivity contribution in [1.82, 2.24) is 9.80 Å². The number of nitrogens with zero attached hydrogens (tertiary/aromatic N) is 2. The summed E-state index contributed by atoms with van der Waals surface area (Å²) in [5.74, 6) is 0. The molecule has 0 unspecified atom stereocenters. The van der Waals surface area contributed by atoms with E-state index in [9.17, 15) is 0 Å². The van der Waals surface area contributed by atoms with Crippen LogP contribution >= 0.6 is 0 Å². The molecule has 1 saturated heterocycles. The molecule has 1 aliphatic heterocycles. The molecule has 0 spiro atoms. The zero-order chi connectivity index (χ0) is 18.6. The highest BCUT2D eigenvalue weighted by atomic mass is 16.5. The van der Waals surface area contributed by atoms with Crippen LogP contribution in [0.3, 0.4) is 0 Å². The average Bonchev–Trinajstić information content (AvgIpc) is 2.74. The van der Waals surface area contributed by atoms with Crippen LogP contribution in [0.25, 0.3) is 12.2 Å². The smallest absolute Gasteiger partial charge is 0.0594 e. The zero-order valence-electron chi connectivity index (χ0n) is 16.0. The van der Waals surface area contributed by atoms with E-state index in [1.807, 2.05) is 0 Å². The molecule has 27 heavy (non-hydrogen) atoms. The van der Waals surface area contributed by atoms with E-state index in [1.165, 1.54) is 11.1 Å². The number of benzene rings is 2. The van der Waals surface area contributed by atoms with Gasteiger partial charge in [0.15, 0.2) is 0 Å². The highest BCUT2D eigenvalue weighted by Crippen LogP contribution is 2.04. The van der Waals surface area contributed by atoms with Gasteiger partial charge in [-0.15, -0.1) is 0 Å². The number of rotatable bonds is 9. The lowest BCUT2D eigenvalue weighted by atomic mass is 10.2. The van der Waals surface area contributed by atoms with Crippen molar-refractivity contribution in [1.29, 1.82) is 0 Å². The first kappa shape index (κ1) is 19.6. The predicted octanol–water partition coefficient (Wildman–Crippen LogP) is 4.05. The van der Waals surface area contributed by atoms with Gasteiger partial charge in [0.25, 0.3) is 0 Å². The third-order valence-electron chi connectivity index (χ3n) is 4.78. The lowest BCUT2D eigenvalue weighted by molar-refractivity contribution is 0.0344. The predicted molar refractivity (Wildman–Crippen MR) is 115 cm³/mol. The molecule has 0 atom stereocenters. The molecule has 3 nitrogen and oxygen atoms in total. The van der Waals surface area contributed by atoms with E-state index < -0.39 is 0 Å². The average molecular weight is 363 g/mol. The van der Waals surface area contributed by atoms with E-state index in [0.29, 0.717) is 0 Å². The molecule has 3 heteroatoms. The first-order valence-electron chi connectivity index (χ1n) is 9.86. The summed E-state index contributed by atoms with van der Waals surface area (Å²) >= 11 is 0. The molecule has 1 heterocycles. The largest absolute Gasteiger partial charge is 0.379 e. The minimum Gasteiger partial charge on any atom is -0.379 e. The van der Waals surface area contributed by atoms with Crippen LogP contribution in [0.1, 0.15) is 11.1 Å². The second-order valence-corrected chi connectivity index (χ2v) is 6.84. The summed E-state index contributed by atoms with van der Waals surface area (Å²) in [7, 11) is 0. The van der Waals surface area contributed by atoms with Crippen molar-refractivity contribution >= 4 is 12.2 Å². The van der Waals surface area contributed by atoms with Crippen LogP contribution < -0.4 is 0 Å². The Labute approximate surface area is 163 Å². The van der Waals surface area contributed by atoms with E-state index in [0.717, 1.165) is 52.5 Å². The maximum absolute atomic E-state index is 5.46. The summed E-state index contributed by atoms with van der Waals surface area (Å²) in [4.78, 5) is 4.99. The van der Waals surface area contributed by atoms with Crippen molar-refractivity contribution in [3.63, 3.8) is 0 Å². The Balaban J connectivity index is 1.53. The monoisotopic (exact) mass is 362 g/mol. The molecular weight excluding hydrogens is 332 g/mol. The van der Waals surface area contributed by atoms with Crippen molar-refractivity contribution < 1.29 is 4.74 Å². The van der Waals surface area contributed by atoms with Crippen molar-refractivity contribution in [2.24, 2.45) is 0 Å². The van der Waals surface area contributed by atoms with Crippen molar-refractivity contribution in [3.05, 3.63) is 83.9 Å². The molecule has 1 aliphatic rings. The Morgan fingerprint density at radius 1 is 0.778 bits per heavy atom. The van der Waals surface area contributed by atoms with Gasteiger partial charge >= 0.3 is 0 Å². The minimum atomic E-state index is 0.863. The number of ether oxygens (including phenoxy) is 1. The summed E-state index contributed by atoms with van der Waals surface area (Å²) in [5, 5.41) is 0. The van der Waals surface area contributed by atoms with Crippen LogP contribution in [-0.4, -0.2) is 62.3 Å². The van der Waals surface area contributed by atoms with Gasteiger partial charge < -0.3 is 4.74 Å². The Kier molecular flexibility index (Phi) is 8.33. The molecule has 2 aromatic rings. The van der Waals surface area contributed by atoms with Crippen LogP contribution in [0.5, 0.6) is 0 Å². The molecule has 2 aromatic carbocycles. The summed E-state index contributed by atoms with van der Waals surface area (Å²) in [6, 6.07) is 21.0. The lowest BCUT2D eigenvalue weighted by Crippen LogP contribution is -2.41. The molecule has 3 rings (SSSR count). The van der Waals surface area contributed by atoms with Crippen molar-refractivity contribution in [2.45, 2.75) is 0 Å². The fourth-order valence-electron chi connectivity index (χ4n) is 3.17. The van der Waals surface area contributed by atoms with E-state index in [4.69, 9.17) is 4.74 Å². The fourth-order valence-corrected chi connectivity index (χ4v) is 3.17. The highest BCUT2D eigenvalue weighted by Gasteiger charge is 2.11. The Morgan fingerprint density at radius 3 is 1.81 bits per heavy atom. The van der Waals surface area contributed by atoms with Gasteiger partial charge in [-0.05, 0) is 11.1 Å². The molecular formula is C24H30N2O. The second-order valence-electron chi connectivity index (χ2n) is 6.84. The standard InChI is InChI=1S/C24H30N2O/c1-3-9-23(10-4-1)13-7-15-25(17-18-26-19-21-27-22-20-26)16-8-14-24-11-5-2-6-12-24/h1-14H,15-22H2. The van der Waals surface area contributed by atoms with Gasteiger partial charge in [0.1, 0.15) is 0 Å².